The summed E-state index contributed by atoms with van der Waals surface area (Å²) >= 11 is 0. The number of amides is 4. The molecule has 4 atom stereocenters. The predicted octanol–water partition coefficient (Wildman–Crippen LogP) is 0.888. The summed E-state index contributed by atoms with van der Waals surface area (Å²) in [6.07, 6.45) is 4.03. The fourth-order valence-electron chi connectivity index (χ4n) is 5.29. The van der Waals surface area contributed by atoms with Crippen LogP contribution in [-0.4, -0.2) is 53.7 Å². The molecule has 29 heavy (non-hydrogen) atoms. The summed E-state index contributed by atoms with van der Waals surface area (Å²) < 4.78 is 0. The highest BCUT2D eigenvalue weighted by molar-refractivity contribution is 6.23. The zero-order valence-corrected chi connectivity index (χ0v) is 16.1. The minimum atomic E-state index is -0.930. The molecule has 4 amide bonds. The normalized spacial score (nSPS) is 31.1. The summed E-state index contributed by atoms with van der Waals surface area (Å²) in [6.45, 7) is 1.91. The third-order valence-corrected chi connectivity index (χ3v) is 6.84. The summed E-state index contributed by atoms with van der Waals surface area (Å²) in [6, 6.07) is 4.80. The maximum absolute atomic E-state index is 12.9. The van der Waals surface area contributed by atoms with Gasteiger partial charge in [-0.1, -0.05) is 6.42 Å². The van der Waals surface area contributed by atoms with E-state index < -0.39 is 23.8 Å². The van der Waals surface area contributed by atoms with E-state index in [1.54, 1.807) is 12.1 Å². The lowest BCUT2D eigenvalue weighted by atomic mass is 9.80. The molecular formula is C21H24N4O4. The fourth-order valence-corrected chi connectivity index (χ4v) is 5.29. The molecule has 4 unspecified atom stereocenters. The Bertz CT molecular complexity index is 898. The van der Waals surface area contributed by atoms with E-state index in [2.05, 4.69) is 16.0 Å². The van der Waals surface area contributed by atoms with Crippen molar-refractivity contribution in [3.8, 4) is 0 Å². The van der Waals surface area contributed by atoms with Gasteiger partial charge in [0.1, 0.15) is 6.04 Å². The largest absolute Gasteiger partial charge is 0.385 e. The van der Waals surface area contributed by atoms with Crippen molar-refractivity contribution in [2.45, 2.75) is 44.2 Å². The van der Waals surface area contributed by atoms with Gasteiger partial charge in [0.25, 0.3) is 11.8 Å². The smallest absolute Gasteiger partial charge is 0.262 e. The number of nitrogens with zero attached hydrogens (tertiary/aromatic N) is 1. The predicted molar refractivity (Wildman–Crippen MR) is 104 cm³/mol. The molecule has 5 rings (SSSR count). The van der Waals surface area contributed by atoms with Crippen LogP contribution in [0.25, 0.3) is 0 Å². The second-order valence-electron chi connectivity index (χ2n) is 8.46. The Morgan fingerprint density at radius 1 is 1.03 bits per heavy atom. The third kappa shape index (κ3) is 3.02. The van der Waals surface area contributed by atoms with Crippen LogP contribution in [0.1, 0.15) is 52.8 Å². The summed E-state index contributed by atoms with van der Waals surface area (Å²) in [5.74, 6) is -0.630. The number of hydrogen-bond donors (Lipinski definition) is 3. The Morgan fingerprint density at radius 3 is 2.66 bits per heavy atom. The number of fused-ring (bicyclic) bond motifs is 3. The standard InChI is InChI=1S/C21H24N4O4/c26-18-7-6-17(19(27)24-18)25-20(28)13-5-4-12(8-14(13)21(25)29)22-10-15-11-2-1-3-16(15)23-9-11/h4-5,8,11,15-17,22-23H,1-3,6-7,9-10H2,(H,24,26,27). The summed E-state index contributed by atoms with van der Waals surface area (Å²) in [4.78, 5) is 50.2. The molecule has 3 fully saturated rings. The molecule has 2 saturated heterocycles. The van der Waals surface area contributed by atoms with Gasteiger partial charge in [0.05, 0.1) is 11.1 Å². The number of hydrogen-bond acceptors (Lipinski definition) is 6. The van der Waals surface area contributed by atoms with Gasteiger partial charge in [-0.05, 0) is 55.8 Å². The first-order chi connectivity index (χ1) is 14.0. The van der Waals surface area contributed by atoms with Gasteiger partial charge in [-0.15, -0.1) is 0 Å². The average Bonchev–Trinajstić information content (AvgIpc) is 3.07. The van der Waals surface area contributed by atoms with Crippen LogP contribution in [0, 0.1) is 11.8 Å². The van der Waals surface area contributed by atoms with E-state index in [0.717, 1.165) is 23.7 Å². The highest BCUT2D eigenvalue weighted by Crippen LogP contribution is 2.35. The van der Waals surface area contributed by atoms with Gasteiger partial charge < -0.3 is 10.6 Å². The lowest BCUT2D eigenvalue weighted by molar-refractivity contribution is -0.136. The first-order valence-electron chi connectivity index (χ1n) is 10.4. The third-order valence-electron chi connectivity index (χ3n) is 6.84. The van der Waals surface area contributed by atoms with Crippen molar-refractivity contribution in [3.05, 3.63) is 29.3 Å². The molecule has 0 aromatic heterocycles. The molecule has 3 heterocycles. The number of rotatable bonds is 4. The molecule has 8 heteroatoms. The number of anilines is 1. The van der Waals surface area contributed by atoms with Gasteiger partial charge >= 0.3 is 0 Å². The molecule has 3 aliphatic heterocycles. The molecule has 152 valence electrons. The van der Waals surface area contributed by atoms with E-state index in [0.29, 0.717) is 29.0 Å². The Labute approximate surface area is 168 Å². The van der Waals surface area contributed by atoms with Crippen molar-refractivity contribution in [1.82, 2.24) is 15.5 Å². The average molecular weight is 396 g/mol. The van der Waals surface area contributed by atoms with Crippen molar-refractivity contribution < 1.29 is 19.2 Å². The number of carbonyl (C=O) groups excluding carboxylic acids is 4. The lowest BCUT2D eigenvalue weighted by Gasteiger charge is -2.29. The van der Waals surface area contributed by atoms with Gasteiger partial charge in [0, 0.05) is 24.7 Å². The van der Waals surface area contributed by atoms with Crippen molar-refractivity contribution in [3.63, 3.8) is 0 Å². The highest BCUT2D eigenvalue weighted by Gasteiger charge is 2.44. The van der Waals surface area contributed by atoms with Crippen molar-refractivity contribution in [2.75, 3.05) is 18.4 Å². The monoisotopic (exact) mass is 396 g/mol. The van der Waals surface area contributed by atoms with Crippen LogP contribution < -0.4 is 16.0 Å². The number of imide groups is 2. The Kier molecular flexibility index (Phi) is 4.38. The quantitative estimate of drug-likeness (QED) is 0.653. The van der Waals surface area contributed by atoms with Gasteiger partial charge in [-0.2, -0.15) is 0 Å². The first-order valence-corrected chi connectivity index (χ1v) is 10.4. The van der Waals surface area contributed by atoms with Crippen LogP contribution in [0.5, 0.6) is 0 Å². The van der Waals surface area contributed by atoms with E-state index in [9.17, 15) is 19.2 Å². The molecule has 0 spiro atoms. The zero-order chi connectivity index (χ0) is 20.1. The molecule has 8 nitrogen and oxygen atoms in total. The number of carbonyl (C=O) groups is 4. The highest BCUT2D eigenvalue weighted by atomic mass is 16.2. The van der Waals surface area contributed by atoms with E-state index in [4.69, 9.17) is 0 Å². The van der Waals surface area contributed by atoms with Crippen molar-refractivity contribution >= 4 is 29.3 Å². The van der Waals surface area contributed by atoms with Crippen LogP contribution >= 0.6 is 0 Å². The van der Waals surface area contributed by atoms with E-state index in [1.165, 1.54) is 19.3 Å². The topological polar surface area (TPSA) is 108 Å². The van der Waals surface area contributed by atoms with Crippen LogP contribution in [-0.2, 0) is 9.59 Å². The second kappa shape index (κ2) is 6.95. The number of piperidine rings is 1. The Balaban J connectivity index is 1.32. The Hall–Kier alpha value is -2.74. The van der Waals surface area contributed by atoms with Crippen molar-refractivity contribution in [2.24, 2.45) is 11.8 Å². The summed E-state index contributed by atoms with van der Waals surface area (Å²) in [5.41, 5.74) is 1.43. The summed E-state index contributed by atoms with van der Waals surface area (Å²) in [7, 11) is 0. The minimum Gasteiger partial charge on any atom is -0.385 e. The molecule has 2 bridgehead atoms. The molecule has 4 aliphatic rings. The van der Waals surface area contributed by atoms with E-state index >= 15 is 0 Å². The molecule has 1 aromatic rings. The molecule has 1 saturated carbocycles. The first kappa shape index (κ1) is 18.3. The lowest BCUT2D eigenvalue weighted by Crippen LogP contribution is -2.54. The van der Waals surface area contributed by atoms with Gasteiger partial charge in [-0.3, -0.25) is 29.4 Å². The van der Waals surface area contributed by atoms with E-state index in [1.807, 2.05) is 6.07 Å². The van der Waals surface area contributed by atoms with Gasteiger partial charge in [-0.25, -0.2) is 0 Å². The minimum absolute atomic E-state index is 0.119. The van der Waals surface area contributed by atoms with Crippen LogP contribution in [0.15, 0.2) is 18.2 Å². The fraction of sp³-hybridized carbons (Fsp3) is 0.524. The molecule has 3 N–H and O–H groups in total. The summed E-state index contributed by atoms with van der Waals surface area (Å²) in [5, 5.41) is 9.26. The Morgan fingerprint density at radius 2 is 1.86 bits per heavy atom. The molecule has 1 aliphatic carbocycles. The van der Waals surface area contributed by atoms with Gasteiger partial charge in [0.2, 0.25) is 11.8 Å². The van der Waals surface area contributed by atoms with Crippen LogP contribution in [0.3, 0.4) is 0 Å². The zero-order valence-electron chi connectivity index (χ0n) is 16.1. The maximum Gasteiger partial charge on any atom is 0.262 e. The number of nitrogens with one attached hydrogen (secondary N) is 3. The maximum atomic E-state index is 12.9. The van der Waals surface area contributed by atoms with Crippen LogP contribution in [0.4, 0.5) is 5.69 Å². The van der Waals surface area contributed by atoms with Crippen molar-refractivity contribution in [1.29, 1.82) is 0 Å². The second-order valence-corrected chi connectivity index (χ2v) is 8.46. The molecular weight excluding hydrogens is 372 g/mol. The SMILES string of the molecule is O=C1CCC(N2C(=O)c3ccc(NCC4C5CCCC4NC5)cc3C2=O)C(=O)N1. The van der Waals surface area contributed by atoms with Gasteiger partial charge in [0.15, 0.2) is 0 Å². The van der Waals surface area contributed by atoms with Crippen LogP contribution in [0.2, 0.25) is 0 Å². The number of benzene rings is 1. The molecule has 1 aromatic carbocycles. The molecule has 0 radical (unpaired) electrons. The van der Waals surface area contributed by atoms with E-state index in [-0.39, 0.29) is 18.7 Å².